The third kappa shape index (κ3) is 8.01. The van der Waals surface area contributed by atoms with Gasteiger partial charge in [-0.25, -0.2) is 0 Å². The lowest BCUT2D eigenvalue weighted by molar-refractivity contribution is 0.481. The molecule has 6 aromatic rings. The van der Waals surface area contributed by atoms with Crippen molar-refractivity contribution in [2.24, 2.45) is 0 Å². The number of benzene rings is 6. The van der Waals surface area contributed by atoms with Crippen molar-refractivity contribution in [3.63, 3.8) is 0 Å². The van der Waals surface area contributed by atoms with E-state index in [9.17, 15) is 0 Å². The van der Waals surface area contributed by atoms with Gasteiger partial charge in [0.25, 0.3) is 0 Å². The van der Waals surface area contributed by atoms with Crippen LogP contribution in [-0.4, -0.2) is 0 Å². The molecule has 7 rings (SSSR count). The van der Waals surface area contributed by atoms with Crippen LogP contribution in [-0.2, 0) is 10.8 Å². The van der Waals surface area contributed by atoms with Crippen LogP contribution in [0.15, 0.2) is 133 Å². The highest BCUT2D eigenvalue weighted by Gasteiger charge is 2.40. The van der Waals surface area contributed by atoms with Gasteiger partial charge in [0.2, 0.25) is 0 Å². The van der Waals surface area contributed by atoms with Crippen molar-refractivity contribution in [2.45, 2.75) is 111 Å². The molecule has 2 heteroatoms. The number of rotatable bonds is 13. The maximum absolute atomic E-state index is 2.52. The van der Waals surface area contributed by atoms with Gasteiger partial charge in [-0.1, -0.05) is 150 Å². The largest absolute Gasteiger partial charge is 0.310 e. The molecule has 0 radical (unpaired) electrons. The molecule has 2 nitrogen and oxygen atoms in total. The second-order valence-electron chi connectivity index (χ2n) is 17.3. The molecule has 6 aromatic carbocycles. The molecule has 1 aliphatic rings. The monoisotopic (exact) mass is 724 g/mol. The summed E-state index contributed by atoms with van der Waals surface area (Å²) in [5.41, 5.74) is 17.8. The highest BCUT2D eigenvalue weighted by Crippen LogP contribution is 2.54. The van der Waals surface area contributed by atoms with Gasteiger partial charge in [0.05, 0.1) is 0 Å². The van der Waals surface area contributed by atoms with Gasteiger partial charge in [0.1, 0.15) is 0 Å². The summed E-state index contributed by atoms with van der Waals surface area (Å²) < 4.78 is 0. The minimum Gasteiger partial charge on any atom is -0.310 e. The molecule has 55 heavy (non-hydrogen) atoms. The molecule has 0 saturated carbocycles. The van der Waals surface area contributed by atoms with Crippen molar-refractivity contribution in [1.29, 1.82) is 0 Å². The fraction of sp³-hybridized carbons (Fsp3) is 0.321. The van der Waals surface area contributed by atoms with Gasteiger partial charge in [-0.15, -0.1) is 0 Å². The molecule has 0 spiro atoms. The molecular formula is C53H60N2. The van der Waals surface area contributed by atoms with Crippen LogP contribution >= 0.6 is 0 Å². The van der Waals surface area contributed by atoms with Gasteiger partial charge < -0.3 is 9.80 Å². The van der Waals surface area contributed by atoms with Gasteiger partial charge in [-0.05, 0) is 133 Å². The molecule has 0 N–H and O–H groups in total. The topological polar surface area (TPSA) is 6.48 Å². The van der Waals surface area contributed by atoms with Crippen molar-refractivity contribution in [2.75, 3.05) is 9.80 Å². The molecule has 1 atom stereocenters. The lowest BCUT2D eigenvalue weighted by Crippen LogP contribution is -2.22. The summed E-state index contributed by atoms with van der Waals surface area (Å²) in [6, 6.07) is 50.6. The Balaban J connectivity index is 1.35. The quantitative estimate of drug-likeness (QED) is 0.109. The predicted molar refractivity (Wildman–Crippen MR) is 239 cm³/mol. The van der Waals surface area contributed by atoms with E-state index in [1.807, 2.05) is 0 Å². The molecule has 0 amide bonds. The van der Waals surface area contributed by atoms with Crippen LogP contribution in [0.25, 0.3) is 11.1 Å². The Morgan fingerprint density at radius 2 is 0.782 bits per heavy atom. The fourth-order valence-electron chi connectivity index (χ4n) is 8.49. The van der Waals surface area contributed by atoms with Crippen LogP contribution in [0.4, 0.5) is 34.1 Å². The van der Waals surface area contributed by atoms with Crippen LogP contribution in [0, 0.1) is 20.8 Å². The minimum absolute atomic E-state index is 0.0955. The number of aryl methyl sites for hydroxylation is 3. The smallest absolute Gasteiger partial charge is 0.0465 e. The Bertz CT molecular complexity index is 2160. The van der Waals surface area contributed by atoms with E-state index in [4.69, 9.17) is 0 Å². The normalized spacial score (nSPS) is 14.8. The van der Waals surface area contributed by atoms with E-state index in [0.29, 0.717) is 0 Å². The Kier molecular flexibility index (Phi) is 11.1. The summed E-state index contributed by atoms with van der Waals surface area (Å²) in [4.78, 5) is 4.88. The van der Waals surface area contributed by atoms with Gasteiger partial charge in [0.15, 0.2) is 0 Å². The summed E-state index contributed by atoms with van der Waals surface area (Å²) in [7, 11) is 0. The lowest BCUT2D eigenvalue weighted by atomic mass is 9.75. The van der Waals surface area contributed by atoms with E-state index < -0.39 is 0 Å². The molecule has 0 saturated heterocycles. The summed E-state index contributed by atoms with van der Waals surface area (Å²) in [6.07, 6.45) is 8.84. The van der Waals surface area contributed by atoms with Crippen LogP contribution < -0.4 is 9.80 Å². The minimum atomic E-state index is -0.136. The summed E-state index contributed by atoms with van der Waals surface area (Å²) in [6.45, 7) is 18.2. The maximum Gasteiger partial charge on any atom is 0.0465 e. The van der Waals surface area contributed by atoms with Crippen LogP contribution in [0.1, 0.15) is 113 Å². The Labute approximate surface area is 331 Å². The van der Waals surface area contributed by atoms with Crippen LogP contribution in [0.3, 0.4) is 0 Å². The first-order chi connectivity index (χ1) is 26.5. The van der Waals surface area contributed by atoms with Crippen molar-refractivity contribution in [1.82, 2.24) is 0 Å². The molecule has 0 aliphatic heterocycles. The second-order valence-corrected chi connectivity index (χ2v) is 17.3. The molecule has 282 valence electrons. The summed E-state index contributed by atoms with van der Waals surface area (Å²) in [5, 5.41) is 0. The fourth-order valence-corrected chi connectivity index (χ4v) is 8.49. The standard InChI is InChI=1S/C53H60N2/c1-9-10-11-12-13-14-35-53(8)50-36-46(54(42-23-15-38(2)16-24-42)43-25-17-39(3)18-26-43)31-33-48(50)49-34-32-47(37-51(49)53)55(44-27-19-40(4)20-28-44)45-29-21-41(22-30-45)52(5,6)7/h15-34,36-37H,9-14,35H2,1-8H3. The molecule has 0 heterocycles. The van der Waals surface area contributed by atoms with Crippen molar-refractivity contribution >= 4 is 34.1 Å². The molecule has 0 aromatic heterocycles. The SMILES string of the molecule is CCCCCCCCC1(C)c2cc(N(c3ccc(C)cc3)c3ccc(C)cc3)ccc2-c2ccc(N(c3ccc(C)cc3)c3ccc(C(C)(C)C)cc3)cc21. The number of anilines is 6. The van der Waals surface area contributed by atoms with Crippen LogP contribution in [0.2, 0.25) is 0 Å². The maximum atomic E-state index is 2.52. The highest BCUT2D eigenvalue weighted by atomic mass is 15.1. The van der Waals surface area contributed by atoms with Gasteiger partial charge >= 0.3 is 0 Å². The third-order valence-corrected chi connectivity index (χ3v) is 11.9. The van der Waals surface area contributed by atoms with E-state index >= 15 is 0 Å². The zero-order valence-electron chi connectivity index (χ0n) is 34.5. The number of hydrogen-bond donors (Lipinski definition) is 0. The predicted octanol–water partition coefficient (Wildman–Crippen LogP) is 15.9. The molecule has 1 unspecified atom stereocenters. The lowest BCUT2D eigenvalue weighted by Gasteiger charge is -2.32. The van der Waals surface area contributed by atoms with Crippen molar-refractivity contribution < 1.29 is 0 Å². The summed E-state index contributed by atoms with van der Waals surface area (Å²) >= 11 is 0. The Morgan fingerprint density at radius 3 is 1.16 bits per heavy atom. The number of hydrogen-bond acceptors (Lipinski definition) is 2. The molecule has 0 fully saturated rings. The van der Waals surface area contributed by atoms with Crippen LogP contribution in [0.5, 0.6) is 0 Å². The number of unbranched alkanes of at least 4 members (excludes halogenated alkanes) is 5. The molecular weight excluding hydrogens is 665 g/mol. The third-order valence-electron chi connectivity index (χ3n) is 11.9. The first kappa shape index (κ1) is 38.2. The van der Waals surface area contributed by atoms with E-state index in [0.717, 1.165) is 6.42 Å². The van der Waals surface area contributed by atoms with Gasteiger partial charge in [0, 0.05) is 39.5 Å². The average molecular weight is 725 g/mol. The van der Waals surface area contributed by atoms with Crippen molar-refractivity contribution in [3.8, 4) is 11.1 Å². The van der Waals surface area contributed by atoms with E-state index in [1.54, 1.807) is 0 Å². The van der Waals surface area contributed by atoms with Gasteiger partial charge in [-0.3, -0.25) is 0 Å². The number of fused-ring (bicyclic) bond motifs is 3. The first-order valence-electron chi connectivity index (χ1n) is 20.7. The summed E-state index contributed by atoms with van der Waals surface area (Å²) in [5.74, 6) is 0. The van der Waals surface area contributed by atoms with Crippen molar-refractivity contribution in [3.05, 3.63) is 167 Å². The highest BCUT2D eigenvalue weighted by molar-refractivity contribution is 5.88. The second kappa shape index (κ2) is 16.0. The Hall–Kier alpha value is -5.08. The van der Waals surface area contributed by atoms with Gasteiger partial charge in [-0.2, -0.15) is 0 Å². The van der Waals surface area contributed by atoms with E-state index in [2.05, 4.69) is 199 Å². The van der Waals surface area contributed by atoms with E-state index in [1.165, 1.54) is 117 Å². The molecule has 1 aliphatic carbocycles. The zero-order chi connectivity index (χ0) is 38.7. The van der Waals surface area contributed by atoms with E-state index in [-0.39, 0.29) is 10.8 Å². The zero-order valence-corrected chi connectivity index (χ0v) is 34.5. The first-order valence-corrected chi connectivity index (χ1v) is 20.7. The number of nitrogens with zero attached hydrogens (tertiary/aromatic N) is 2. The molecule has 0 bridgehead atoms. The average Bonchev–Trinajstić information content (AvgIpc) is 3.42. The Morgan fingerprint density at radius 1 is 0.436 bits per heavy atom.